The van der Waals surface area contributed by atoms with Crippen LogP contribution < -0.4 is 0 Å². The standard InChI is InChI=1S/C14H26N2O3S/c17-12-14(10-13-4-5-13)6-3-9-16(11-14)20(18,19)15-7-1-2-8-15/h13,17H,1-12H2. The molecule has 116 valence electrons. The van der Waals surface area contributed by atoms with Crippen LogP contribution >= 0.6 is 0 Å². The fourth-order valence-electron chi connectivity index (χ4n) is 3.74. The van der Waals surface area contributed by atoms with E-state index in [0.29, 0.717) is 26.2 Å². The van der Waals surface area contributed by atoms with E-state index in [4.69, 9.17) is 0 Å². The molecule has 0 amide bonds. The van der Waals surface area contributed by atoms with Crippen LogP contribution in [0.5, 0.6) is 0 Å². The van der Waals surface area contributed by atoms with E-state index in [2.05, 4.69) is 0 Å². The fraction of sp³-hybridized carbons (Fsp3) is 1.00. The molecule has 6 heteroatoms. The van der Waals surface area contributed by atoms with Crippen molar-refractivity contribution >= 4 is 10.2 Å². The predicted octanol–water partition coefficient (Wildman–Crippen LogP) is 1.20. The highest BCUT2D eigenvalue weighted by Gasteiger charge is 2.44. The van der Waals surface area contributed by atoms with E-state index < -0.39 is 10.2 Å². The molecule has 3 rings (SSSR count). The molecule has 0 aromatic carbocycles. The Balaban J connectivity index is 1.72. The van der Waals surface area contributed by atoms with Crippen molar-refractivity contribution in [2.75, 3.05) is 32.8 Å². The Bertz CT molecular complexity index is 443. The van der Waals surface area contributed by atoms with Crippen molar-refractivity contribution in [1.29, 1.82) is 0 Å². The first kappa shape index (κ1) is 14.8. The lowest BCUT2D eigenvalue weighted by molar-refractivity contribution is 0.0495. The molecule has 0 aromatic rings. The van der Waals surface area contributed by atoms with E-state index in [1.165, 1.54) is 12.8 Å². The number of aliphatic hydroxyl groups excluding tert-OH is 1. The molecule has 0 aromatic heterocycles. The monoisotopic (exact) mass is 302 g/mol. The molecule has 0 bridgehead atoms. The normalized spacial score (nSPS) is 33.6. The molecule has 20 heavy (non-hydrogen) atoms. The third-order valence-corrected chi connectivity index (χ3v) is 7.08. The third kappa shape index (κ3) is 2.89. The molecule has 0 radical (unpaired) electrons. The van der Waals surface area contributed by atoms with Gasteiger partial charge in [-0.2, -0.15) is 17.0 Å². The van der Waals surface area contributed by atoms with Crippen LogP contribution in [0.25, 0.3) is 0 Å². The molecule has 1 atom stereocenters. The van der Waals surface area contributed by atoms with E-state index >= 15 is 0 Å². The summed E-state index contributed by atoms with van der Waals surface area (Å²) in [6.45, 7) is 2.57. The molecule has 1 saturated carbocycles. The minimum Gasteiger partial charge on any atom is -0.396 e. The zero-order chi connectivity index (χ0) is 14.2. The van der Waals surface area contributed by atoms with Crippen molar-refractivity contribution in [3.8, 4) is 0 Å². The van der Waals surface area contributed by atoms with Crippen molar-refractivity contribution < 1.29 is 13.5 Å². The van der Waals surface area contributed by atoms with Gasteiger partial charge in [-0.15, -0.1) is 0 Å². The first-order chi connectivity index (χ1) is 9.56. The maximum atomic E-state index is 12.7. The van der Waals surface area contributed by atoms with Crippen LogP contribution in [0.3, 0.4) is 0 Å². The molecular weight excluding hydrogens is 276 g/mol. The zero-order valence-corrected chi connectivity index (χ0v) is 12.9. The van der Waals surface area contributed by atoms with E-state index in [1.807, 2.05) is 0 Å². The highest BCUT2D eigenvalue weighted by molar-refractivity contribution is 7.86. The Morgan fingerprint density at radius 3 is 2.30 bits per heavy atom. The van der Waals surface area contributed by atoms with Gasteiger partial charge in [-0.3, -0.25) is 0 Å². The van der Waals surface area contributed by atoms with E-state index in [-0.39, 0.29) is 12.0 Å². The van der Waals surface area contributed by atoms with Gasteiger partial charge in [0, 0.05) is 38.2 Å². The molecule has 0 spiro atoms. The SMILES string of the molecule is O=S(=O)(N1CCCC1)N1CCCC(CO)(CC2CC2)C1. The Kier molecular flexibility index (Phi) is 4.10. The van der Waals surface area contributed by atoms with Crippen molar-refractivity contribution in [3.63, 3.8) is 0 Å². The summed E-state index contributed by atoms with van der Waals surface area (Å²) < 4.78 is 28.6. The van der Waals surface area contributed by atoms with Crippen molar-refractivity contribution in [3.05, 3.63) is 0 Å². The molecule has 2 saturated heterocycles. The van der Waals surface area contributed by atoms with E-state index in [9.17, 15) is 13.5 Å². The van der Waals surface area contributed by atoms with Crippen LogP contribution in [-0.2, 0) is 10.2 Å². The lowest BCUT2D eigenvalue weighted by atomic mass is 9.77. The van der Waals surface area contributed by atoms with Crippen LogP contribution in [-0.4, -0.2) is 54.9 Å². The number of nitrogens with zero attached hydrogens (tertiary/aromatic N) is 2. The summed E-state index contributed by atoms with van der Waals surface area (Å²) in [5.74, 6) is 0.719. The second-order valence-corrected chi connectivity index (χ2v) is 8.79. The summed E-state index contributed by atoms with van der Waals surface area (Å²) in [7, 11) is -3.30. The first-order valence-electron chi connectivity index (χ1n) is 7.92. The van der Waals surface area contributed by atoms with E-state index in [1.54, 1.807) is 8.61 Å². The van der Waals surface area contributed by atoms with E-state index in [0.717, 1.165) is 38.0 Å². The topological polar surface area (TPSA) is 60.9 Å². The number of aliphatic hydroxyl groups is 1. The molecule has 2 aliphatic heterocycles. The predicted molar refractivity (Wildman–Crippen MR) is 77.4 cm³/mol. The average molecular weight is 302 g/mol. The Hall–Kier alpha value is -0.170. The van der Waals surface area contributed by atoms with Gasteiger partial charge in [-0.05, 0) is 38.0 Å². The number of rotatable bonds is 5. The smallest absolute Gasteiger partial charge is 0.281 e. The van der Waals surface area contributed by atoms with Crippen molar-refractivity contribution in [2.24, 2.45) is 11.3 Å². The molecular formula is C14H26N2O3S. The second kappa shape index (κ2) is 5.55. The van der Waals surface area contributed by atoms with Crippen molar-refractivity contribution in [2.45, 2.75) is 44.9 Å². The highest BCUT2D eigenvalue weighted by atomic mass is 32.2. The lowest BCUT2D eigenvalue weighted by Gasteiger charge is -2.42. The van der Waals surface area contributed by atoms with Gasteiger partial charge in [0.1, 0.15) is 0 Å². The largest absolute Gasteiger partial charge is 0.396 e. The summed E-state index contributed by atoms with van der Waals surface area (Å²) >= 11 is 0. The lowest BCUT2D eigenvalue weighted by Crippen LogP contribution is -2.52. The van der Waals surface area contributed by atoms with Crippen molar-refractivity contribution in [1.82, 2.24) is 8.61 Å². The summed E-state index contributed by atoms with van der Waals surface area (Å²) in [4.78, 5) is 0. The minimum absolute atomic E-state index is 0.121. The maximum absolute atomic E-state index is 12.7. The number of hydrogen-bond donors (Lipinski definition) is 1. The quantitative estimate of drug-likeness (QED) is 0.830. The van der Waals surface area contributed by atoms with Gasteiger partial charge in [-0.25, -0.2) is 0 Å². The highest BCUT2D eigenvalue weighted by Crippen LogP contribution is 2.45. The summed E-state index contributed by atoms with van der Waals surface area (Å²) in [6.07, 6.45) is 7.28. The molecule has 5 nitrogen and oxygen atoms in total. The maximum Gasteiger partial charge on any atom is 0.281 e. The molecule has 1 N–H and O–H groups in total. The Labute approximate surface area is 122 Å². The Morgan fingerprint density at radius 2 is 1.70 bits per heavy atom. The summed E-state index contributed by atoms with van der Waals surface area (Å²) in [5, 5.41) is 9.83. The summed E-state index contributed by atoms with van der Waals surface area (Å²) in [6, 6.07) is 0. The van der Waals surface area contributed by atoms with Gasteiger partial charge < -0.3 is 5.11 Å². The first-order valence-corrected chi connectivity index (χ1v) is 9.32. The molecule has 1 aliphatic carbocycles. The van der Waals surface area contributed by atoms with Crippen LogP contribution in [0.1, 0.15) is 44.9 Å². The average Bonchev–Trinajstić information content (AvgIpc) is 3.08. The summed E-state index contributed by atoms with van der Waals surface area (Å²) in [5.41, 5.74) is -0.188. The zero-order valence-electron chi connectivity index (χ0n) is 12.1. The molecule has 1 unspecified atom stereocenters. The third-order valence-electron chi connectivity index (χ3n) is 5.10. The molecule has 3 fully saturated rings. The fourth-order valence-corrected chi connectivity index (χ4v) is 5.58. The van der Waals surface area contributed by atoms with Gasteiger partial charge in [0.15, 0.2) is 0 Å². The molecule has 2 heterocycles. The van der Waals surface area contributed by atoms with Gasteiger partial charge in [0.2, 0.25) is 0 Å². The minimum atomic E-state index is -3.30. The number of hydrogen-bond acceptors (Lipinski definition) is 3. The van der Waals surface area contributed by atoms with Crippen LogP contribution in [0.2, 0.25) is 0 Å². The van der Waals surface area contributed by atoms with Gasteiger partial charge >= 0.3 is 0 Å². The van der Waals surface area contributed by atoms with Crippen LogP contribution in [0.15, 0.2) is 0 Å². The number of piperidine rings is 1. The second-order valence-electron chi connectivity index (χ2n) is 6.86. The van der Waals surface area contributed by atoms with Crippen LogP contribution in [0, 0.1) is 11.3 Å². The van der Waals surface area contributed by atoms with Gasteiger partial charge in [0.25, 0.3) is 10.2 Å². The van der Waals surface area contributed by atoms with Gasteiger partial charge in [-0.1, -0.05) is 12.8 Å². The van der Waals surface area contributed by atoms with Crippen LogP contribution in [0.4, 0.5) is 0 Å². The molecule has 3 aliphatic rings. The van der Waals surface area contributed by atoms with Gasteiger partial charge in [0.05, 0.1) is 0 Å². The Morgan fingerprint density at radius 1 is 1.05 bits per heavy atom.